The third-order valence-corrected chi connectivity index (χ3v) is 3.97. The molecule has 1 heterocycles. The van der Waals surface area contributed by atoms with E-state index < -0.39 is 0 Å². The third-order valence-electron chi connectivity index (χ3n) is 3.97. The molecular weight excluding hydrogens is 238 g/mol. The van der Waals surface area contributed by atoms with Gasteiger partial charge in [0.25, 0.3) is 0 Å². The van der Waals surface area contributed by atoms with Gasteiger partial charge in [-0.05, 0) is 42.5 Å². The minimum atomic E-state index is -0.181. The highest BCUT2D eigenvalue weighted by Crippen LogP contribution is 2.32. The number of esters is 1. The molecule has 100 valence electrons. The summed E-state index contributed by atoms with van der Waals surface area (Å²) in [6.07, 6.45) is 5.20. The lowest BCUT2D eigenvalue weighted by Gasteiger charge is -2.20. The molecule has 1 fully saturated rings. The molecule has 2 atom stereocenters. The van der Waals surface area contributed by atoms with Crippen molar-refractivity contribution >= 4 is 11.5 Å². The van der Waals surface area contributed by atoms with Gasteiger partial charge in [-0.1, -0.05) is 30.3 Å². The largest absolute Gasteiger partial charge is 0.461 e. The van der Waals surface area contributed by atoms with Gasteiger partial charge in [-0.2, -0.15) is 0 Å². The average molecular weight is 257 g/mol. The van der Waals surface area contributed by atoms with Crippen molar-refractivity contribution in [2.24, 2.45) is 0 Å². The molecule has 1 aliphatic heterocycles. The minimum Gasteiger partial charge on any atom is -0.461 e. The van der Waals surface area contributed by atoms with Crippen molar-refractivity contribution in [3.05, 3.63) is 41.5 Å². The molecule has 3 heteroatoms. The van der Waals surface area contributed by atoms with Gasteiger partial charge in [-0.3, -0.25) is 4.79 Å². The third kappa shape index (κ3) is 2.56. The van der Waals surface area contributed by atoms with Gasteiger partial charge in [-0.15, -0.1) is 0 Å². The normalized spacial score (nSPS) is 25.0. The van der Waals surface area contributed by atoms with Crippen LogP contribution in [0.25, 0.3) is 5.57 Å². The second-order valence-electron chi connectivity index (χ2n) is 5.29. The first-order valence-corrected chi connectivity index (χ1v) is 6.92. The van der Waals surface area contributed by atoms with E-state index in [4.69, 9.17) is 4.74 Å². The summed E-state index contributed by atoms with van der Waals surface area (Å²) in [5.74, 6) is -0.181. The zero-order valence-corrected chi connectivity index (χ0v) is 11.2. The molecule has 0 saturated carbocycles. The summed E-state index contributed by atoms with van der Waals surface area (Å²) in [5.41, 5.74) is 4.14. The van der Waals surface area contributed by atoms with E-state index in [1.807, 2.05) is 0 Å². The van der Waals surface area contributed by atoms with Gasteiger partial charge >= 0.3 is 5.97 Å². The number of hydrogen-bond acceptors (Lipinski definition) is 3. The van der Waals surface area contributed by atoms with Crippen LogP contribution in [0.3, 0.4) is 0 Å². The molecule has 0 spiro atoms. The first kappa shape index (κ1) is 12.4. The lowest BCUT2D eigenvalue weighted by molar-refractivity contribution is -0.146. The van der Waals surface area contributed by atoms with Gasteiger partial charge in [0.05, 0.1) is 0 Å². The number of ether oxygens (including phenoxy) is 1. The zero-order valence-electron chi connectivity index (χ0n) is 11.2. The standard InChI is InChI=1S/C16H19NO2/c1-11(18)19-16-8-9-17-15(16)10-13-7-6-12-4-2-3-5-14(12)13/h2-5,7,15-17H,6,8-10H2,1H3/t15-,16-/m1/s1. The van der Waals surface area contributed by atoms with Crippen LogP contribution in [-0.4, -0.2) is 24.7 Å². The monoisotopic (exact) mass is 257 g/mol. The summed E-state index contributed by atoms with van der Waals surface area (Å²) in [5, 5.41) is 3.45. The predicted molar refractivity (Wildman–Crippen MR) is 74.7 cm³/mol. The maximum atomic E-state index is 11.1. The van der Waals surface area contributed by atoms with Crippen LogP contribution in [0.15, 0.2) is 30.3 Å². The van der Waals surface area contributed by atoms with E-state index in [0.29, 0.717) is 0 Å². The summed E-state index contributed by atoms with van der Waals surface area (Å²) in [4.78, 5) is 11.1. The Morgan fingerprint density at radius 3 is 3.11 bits per heavy atom. The fourth-order valence-electron chi connectivity index (χ4n) is 3.09. The smallest absolute Gasteiger partial charge is 0.302 e. The number of fused-ring (bicyclic) bond motifs is 1. The van der Waals surface area contributed by atoms with Crippen LogP contribution in [0.2, 0.25) is 0 Å². The molecule has 2 aliphatic rings. The molecular formula is C16H19NO2. The van der Waals surface area contributed by atoms with E-state index in [1.54, 1.807) is 0 Å². The Hall–Kier alpha value is -1.61. The molecule has 1 aromatic rings. The molecule has 0 amide bonds. The number of carbonyl (C=O) groups is 1. The molecule has 0 aromatic heterocycles. The first-order valence-electron chi connectivity index (χ1n) is 6.92. The highest BCUT2D eigenvalue weighted by molar-refractivity contribution is 5.73. The lowest BCUT2D eigenvalue weighted by atomic mass is 9.98. The maximum absolute atomic E-state index is 11.1. The Morgan fingerprint density at radius 1 is 1.42 bits per heavy atom. The van der Waals surface area contributed by atoms with Crippen LogP contribution in [0, 0.1) is 0 Å². The Kier molecular flexibility index (Phi) is 3.38. The van der Waals surface area contributed by atoms with Crippen molar-refractivity contribution in [3.8, 4) is 0 Å². The molecule has 3 rings (SSSR count). The van der Waals surface area contributed by atoms with Crippen LogP contribution >= 0.6 is 0 Å². The van der Waals surface area contributed by atoms with Crippen molar-refractivity contribution in [2.75, 3.05) is 6.54 Å². The molecule has 0 unspecified atom stereocenters. The van der Waals surface area contributed by atoms with Gasteiger partial charge in [-0.25, -0.2) is 0 Å². The molecule has 3 nitrogen and oxygen atoms in total. The van der Waals surface area contributed by atoms with Gasteiger partial charge in [0, 0.05) is 13.0 Å². The quantitative estimate of drug-likeness (QED) is 0.844. The highest BCUT2D eigenvalue weighted by Gasteiger charge is 2.31. The fourth-order valence-corrected chi connectivity index (χ4v) is 3.09. The summed E-state index contributed by atoms with van der Waals surface area (Å²) in [6.45, 7) is 2.41. The summed E-state index contributed by atoms with van der Waals surface area (Å²) in [6, 6.07) is 8.80. The number of allylic oxidation sites excluding steroid dienone is 1. The molecule has 1 aliphatic carbocycles. The molecule has 1 N–H and O–H groups in total. The van der Waals surface area contributed by atoms with Crippen LogP contribution in [0.1, 0.15) is 30.9 Å². The van der Waals surface area contributed by atoms with Gasteiger partial charge in [0.2, 0.25) is 0 Å². The van der Waals surface area contributed by atoms with Crippen molar-refractivity contribution in [3.63, 3.8) is 0 Å². The predicted octanol–water partition coefficient (Wildman–Crippen LogP) is 2.31. The van der Waals surface area contributed by atoms with Crippen LogP contribution < -0.4 is 5.32 Å². The SMILES string of the molecule is CC(=O)O[C@@H]1CCN[C@@H]1CC1=CCc2ccccc21. The second kappa shape index (κ2) is 5.17. The van der Waals surface area contributed by atoms with E-state index in [2.05, 4.69) is 35.7 Å². The number of nitrogens with one attached hydrogen (secondary N) is 1. The number of hydrogen-bond donors (Lipinski definition) is 1. The van der Waals surface area contributed by atoms with E-state index in [-0.39, 0.29) is 18.1 Å². The minimum absolute atomic E-state index is 0.0196. The summed E-state index contributed by atoms with van der Waals surface area (Å²) < 4.78 is 5.39. The summed E-state index contributed by atoms with van der Waals surface area (Å²) >= 11 is 0. The van der Waals surface area contributed by atoms with Gasteiger partial charge < -0.3 is 10.1 Å². The molecule has 0 bridgehead atoms. The van der Waals surface area contributed by atoms with Gasteiger partial charge in [0.1, 0.15) is 6.10 Å². The fraction of sp³-hybridized carbons (Fsp3) is 0.438. The van der Waals surface area contributed by atoms with E-state index in [0.717, 1.165) is 25.8 Å². The van der Waals surface area contributed by atoms with Crippen molar-refractivity contribution in [1.29, 1.82) is 0 Å². The second-order valence-corrected chi connectivity index (χ2v) is 5.29. The Bertz CT molecular complexity index is 521. The Labute approximate surface area is 113 Å². The van der Waals surface area contributed by atoms with E-state index in [9.17, 15) is 4.79 Å². The molecule has 19 heavy (non-hydrogen) atoms. The van der Waals surface area contributed by atoms with E-state index in [1.165, 1.54) is 23.6 Å². The number of benzene rings is 1. The van der Waals surface area contributed by atoms with Crippen LogP contribution in [0.4, 0.5) is 0 Å². The van der Waals surface area contributed by atoms with Crippen LogP contribution in [-0.2, 0) is 16.0 Å². The van der Waals surface area contributed by atoms with Gasteiger partial charge in [0.15, 0.2) is 0 Å². The van der Waals surface area contributed by atoms with Crippen LogP contribution in [0.5, 0.6) is 0 Å². The highest BCUT2D eigenvalue weighted by atomic mass is 16.5. The Morgan fingerprint density at radius 2 is 2.26 bits per heavy atom. The first-order chi connectivity index (χ1) is 9.24. The number of rotatable bonds is 3. The van der Waals surface area contributed by atoms with Crippen molar-refractivity contribution in [2.45, 2.75) is 38.3 Å². The Balaban J connectivity index is 1.71. The van der Waals surface area contributed by atoms with Crippen molar-refractivity contribution in [1.82, 2.24) is 5.32 Å². The topological polar surface area (TPSA) is 38.3 Å². The molecule has 1 saturated heterocycles. The van der Waals surface area contributed by atoms with Crippen molar-refractivity contribution < 1.29 is 9.53 Å². The summed E-state index contributed by atoms with van der Waals surface area (Å²) in [7, 11) is 0. The lowest BCUT2D eigenvalue weighted by Crippen LogP contribution is -2.33. The van der Waals surface area contributed by atoms with E-state index >= 15 is 0 Å². The number of carbonyl (C=O) groups excluding carboxylic acids is 1. The average Bonchev–Trinajstić information content (AvgIpc) is 2.98. The maximum Gasteiger partial charge on any atom is 0.302 e. The molecule has 0 radical (unpaired) electrons. The zero-order chi connectivity index (χ0) is 13.2. The molecule has 1 aromatic carbocycles.